The highest BCUT2D eigenvalue weighted by atomic mass is 32.2. The molecule has 0 aliphatic heterocycles. The van der Waals surface area contributed by atoms with Crippen LogP contribution in [0.1, 0.15) is 5.56 Å². The van der Waals surface area contributed by atoms with Crippen LogP contribution >= 0.6 is 0 Å². The zero-order valence-corrected chi connectivity index (χ0v) is 16.6. The Morgan fingerprint density at radius 1 is 1.14 bits per heavy atom. The van der Waals surface area contributed by atoms with E-state index in [1.165, 1.54) is 19.2 Å². The number of alkyl halides is 3. The van der Waals surface area contributed by atoms with Gasteiger partial charge in [0.15, 0.2) is 0 Å². The summed E-state index contributed by atoms with van der Waals surface area (Å²) in [5.41, 5.74) is 1.13. The van der Waals surface area contributed by atoms with E-state index < -0.39 is 34.6 Å². The van der Waals surface area contributed by atoms with Crippen molar-refractivity contribution < 1.29 is 35.9 Å². The molecule has 2 rings (SSSR count). The second-order valence-corrected chi connectivity index (χ2v) is 7.97. The molecule has 0 unspecified atom stereocenters. The first kappa shape index (κ1) is 22.3. The fourth-order valence-corrected chi connectivity index (χ4v) is 3.30. The SMILES string of the molecule is COc1ccc(C)cc1N(CC(=O)Nc1ccc(OC(F)(F)F)cc1)S(C)(=O)=O. The van der Waals surface area contributed by atoms with Gasteiger partial charge in [0.05, 0.1) is 19.1 Å². The molecule has 0 atom stereocenters. The smallest absolute Gasteiger partial charge is 0.495 e. The van der Waals surface area contributed by atoms with Crippen molar-refractivity contribution in [3.8, 4) is 11.5 Å². The summed E-state index contributed by atoms with van der Waals surface area (Å²) in [7, 11) is -2.46. The third-order valence-electron chi connectivity index (χ3n) is 3.66. The Hall–Kier alpha value is -2.95. The summed E-state index contributed by atoms with van der Waals surface area (Å²) in [5.74, 6) is -0.872. The van der Waals surface area contributed by atoms with Crippen LogP contribution in [0, 0.1) is 6.92 Å². The average molecular weight is 432 g/mol. The Balaban J connectivity index is 2.19. The first-order chi connectivity index (χ1) is 13.4. The molecule has 0 saturated heterocycles. The van der Waals surface area contributed by atoms with E-state index in [1.807, 2.05) is 0 Å². The summed E-state index contributed by atoms with van der Waals surface area (Å²) < 4.78 is 70.9. The number of rotatable bonds is 7. The summed E-state index contributed by atoms with van der Waals surface area (Å²) in [5, 5.41) is 2.43. The highest BCUT2D eigenvalue weighted by Crippen LogP contribution is 2.31. The van der Waals surface area contributed by atoms with Crippen molar-refractivity contribution >= 4 is 27.3 Å². The Morgan fingerprint density at radius 3 is 2.28 bits per heavy atom. The van der Waals surface area contributed by atoms with E-state index >= 15 is 0 Å². The highest BCUT2D eigenvalue weighted by Gasteiger charge is 2.31. The minimum atomic E-state index is -4.83. The number of carbonyl (C=O) groups is 1. The van der Waals surface area contributed by atoms with Crippen LogP contribution in [0.4, 0.5) is 24.5 Å². The molecule has 0 spiro atoms. The van der Waals surface area contributed by atoms with Gasteiger partial charge in [0.2, 0.25) is 15.9 Å². The van der Waals surface area contributed by atoms with Gasteiger partial charge in [0.1, 0.15) is 18.0 Å². The fraction of sp³-hybridized carbons (Fsp3) is 0.278. The number of methoxy groups -OCH3 is 1. The lowest BCUT2D eigenvalue weighted by molar-refractivity contribution is -0.274. The van der Waals surface area contributed by atoms with E-state index in [0.717, 1.165) is 28.3 Å². The van der Waals surface area contributed by atoms with E-state index in [9.17, 15) is 26.4 Å². The number of nitrogens with one attached hydrogen (secondary N) is 1. The zero-order chi connectivity index (χ0) is 21.8. The van der Waals surface area contributed by atoms with Crippen molar-refractivity contribution in [3.05, 3.63) is 48.0 Å². The molecule has 0 fully saturated rings. The number of ether oxygens (including phenoxy) is 2. The van der Waals surface area contributed by atoms with Crippen molar-refractivity contribution in [2.45, 2.75) is 13.3 Å². The summed E-state index contributed by atoms with van der Waals surface area (Å²) in [6.07, 6.45) is -3.88. The van der Waals surface area contributed by atoms with Crippen LogP contribution in [0.25, 0.3) is 0 Å². The zero-order valence-electron chi connectivity index (χ0n) is 15.8. The number of anilines is 2. The van der Waals surface area contributed by atoms with Gasteiger partial charge >= 0.3 is 6.36 Å². The molecule has 7 nitrogen and oxygen atoms in total. The van der Waals surface area contributed by atoms with Crippen molar-refractivity contribution in [1.29, 1.82) is 0 Å². The van der Waals surface area contributed by atoms with Gasteiger partial charge in [-0.25, -0.2) is 8.42 Å². The Kier molecular flexibility index (Phi) is 6.62. The summed E-state index contributed by atoms with van der Waals surface area (Å²) >= 11 is 0. The van der Waals surface area contributed by atoms with Crippen LogP contribution in [0.5, 0.6) is 11.5 Å². The maximum Gasteiger partial charge on any atom is 0.573 e. The second kappa shape index (κ2) is 8.60. The minimum absolute atomic E-state index is 0.175. The molecule has 0 saturated carbocycles. The average Bonchev–Trinajstić information content (AvgIpc) is 2.59. The number of hydrogen-bond acceptors (Lipinski definition) is 5. The Morgan fingerprint density at radius 2 is 1.76 bits per heavy atom. The fourth-order valence-electron chi connectivity index (χ4n) is 2.45. The van der Waals surface area contributed by atoms with Crippen LogP contribution in [0.2, 0.25) is 0 Å². The molecular formula is C18H19F3N2O5S. The third kappa shape index (κ3) is 6.56. The molecule has 1 amide bonds. The van der Waals surface area contributed by atoms with Crippen LogP contribution in [0.3, 0.4) is 0 Å². The standard InChI is InChI=1S/C18H19F3N2O5S/c1-12-4-9-16(27-2)15(10-12)23(29(3,25)26)11-17(24)22-13-5-7-14(8-6-13)28-18(19,20)21/h4-10H,11H2,1-3H3,(H,22,24). The molecule has 1 N–H and O–H groups in total. The normalized spacial score (nSPS) is 11.7. The van der Waals surface area contributed by atoms with Gasteiger partial charge in [-0.05, 0) is 48.9 Å². The maximum absolute atomic E-state index is 12.4. The number of benzene rings is 2. The van der Waals surface area contributed by atoms with Crippen LogP contribution in [0.15, 0.2) is 42.5 Å². The monoisotopic (exact) mass is 432 g/mol. The number of nitrogens with zero attached hydrogens (tertiary/aromatic N) is 1. The van der Waals surface area contributed by atoms with Gasteiger partial charge in [-0.3, -0.25) is 9.10 Å². The number of hydrogen-bond donors (Lipinski definition) is 1. The minimum Gasteiger partial charge on any atom is -0.495 e. The molecule has 0 aliphatic rings. The summed E-state index contributed by atoms with van der Waals surface area (Å²) in [6.45, 7) is 1.20. The van der Waals surface area contributed by atoms with Crippen molar-refractivity contribution in [1.82, 2.24) is 0 Å². The van der Waals surface area contributed by atoms with E-state index in [0.29, 0.717) is 0 Å². The Bertz CT molecular complexity index is 976. The van der Waals surface area contributed by atoms with E-state index in [4.69, 9.17) is 4.74 Å². The van der Waals surface area contributed by atoms with Gasteiger partial charge < -0.3 is 14.8 Å². The first-order valence-electron chi connectivity index (χ1n) is 8.17. The summed E-state index contributed by atoms with van der Waals surface area (Å²) in [6, 6.07) is 9.35. The van der Waals surface area contributed by atoms with Crippen molar-refractivity contribution in [2.75, 3.05) is 29.5 Å². The topological polar surface area (TPSA) is 84.9 Å². The molecule has 158 valence electrons. The number of sulfonamides is 1. The van der Waals surface area contributed by atoms with Crippen molar-refractivity contribution in [2.24, 2.45) is 0 Å². The van der Waals surface area contributed by atoms with Gasteiger partial charge in [0, 0.05) is 5.69 Å². The third-order valence-corrected chi connectivity index (χ3v) is 4.79. The predicted octanol–water partition coefficient (Wildman–Crippen LogP) is 3.31. The van der Waals surface area contributed by atoms with Crippen LogP contribution in [-0.4, -0.2) is 40.6 Å². The summed E-state index contributed by atoms with van der Waals surface area (Å²) in [4.78, 5) is 12.4. The maximum atomic E-state index is 12.4. The number of aryl methyl sites for hydroxylation is 1. The lowest BCUT2D eigenvalue weighted by atomic mass is 10.2. The highest BCUT2D eigenvalue weighted by molar-refractivity contribution is 7.92. The number of halogens is 3. The lowest BCUT2D eigenvalue weighted by Gasteiger charge is -2.24. The predicted molar refractivity (Wildman–Crippen MR) is 102 cm³/mol. The quantitative estimate of drug-likeness (QED) is 0.726. The molecule has 0 heterocycles. The van der Waals surface area contributed by atoms with E-state index in [-0.39, 0.29) is 17.1 Å². The molecule has 0 aliphatic carbocycles. The first-order valence-corrected chi connectivity index (χ1v) is 10.0. The lowest BCUT2D eigenvalue weighted by Crippen LogP contribution is -2.37. The van der Waals surface area contributed by atoms with Crippen molar-refractivity contribution in [3.63, 3.8) is 0 Å². The largest absolute Gasteiger partial charge is 0.573 e. The van der Waals surface area contributed by atoms with Crippen LogP contribution < -0.4 is 19.1 Å². The van der Waals surface area contributed by atoms with E-state index in [1.54, 1.807) is 25.1 Å². The molecule has 2 aromatic rings. The molecule has 0 radical (unpaired) electrons. The molecule has 0 bridgehead atoms. The van der Waals surface area contributed by atoms with Gasteiger partial charge in [0.25, 0.3) is 0 Å². The molecular weight excluding hydrogens is 413 g/mol. The van der Waals surface area contributed by atoms with Crippen LogP contribution in [-0.2, 0) is 14.8 Å². The molecule has 29 heavy (non-hydrogen) atoms. The van der Waals surface area contributed by atoms with Gasteiger partial charge in [-0.1, -0.05) is 6.07 Å². The number of amides is 1. The van der Waals surface area contributed by atoms with Gasteiger partial charge in [-0.15, -0.1) is 13.2 Å². The molecule has 2 aromatic carbocycles. The van der Waals surface area contributed by atoms with E-state index in [2.05, 4.69) is 10.1 Å². The second-order valence-electron chi connectivity index (χ2n) is 6.07. The van der Waals surface area contributed by atoms with Gasteiger partial charge in [-0.2, -0.15) is 0 Å². The number of carbonyl (C=O) groups excluding carboxylic acids is 1. The molecule has 0 aromatic heterocycles. The molecule has 11 heteroatoms. The Labute approximate surface area is 166 Å².